The lowest BCUT2D eigenvalue weighted by Gasteiger charge is -2.18. The molecule has 9 nitrogen and oxygen atoms in total. The van der Waals surface area contributed by atoms with Crippen LogP contribution in [-0.2, 0) is 26.0 Å². The van der Waals surface area contributed by atoms with Gasteiger partial charge in [-0.1, -0.05) is 29.8 Å². The fourth-order valence-corrected chi connectivity index (χ4v) is 4.36. The zero-order valence-corrected chi connectivity index (χ0v) is 19.3. The predicted molar refractivity (Wildman–Crippen MR) is 118 cm³/mol. The number of carbonyl (C=O) groups is 2. The van der Waals surface area contributed by atoms with E-state index in [0.29, 0.717) is 11.5 Å². The summed E-state index contributed by atoms with van der Waals surface area (Å²) < 4.78 is 37.4. The molecule has 0 aromatic heterocycles. The highest BCUT2D eigenvalue weighted by atomic mass is 32.2. The molecule has 1 heterocycles. The van der Waals surface area contributed by atoms with Gasteiger partial charge in [-0.3, -0.25) is 20.4 Å². The van der Waals surface area contributed by atoms with Crippen molar-refractivity contribution in [3.8, 4) is 11.5 Å². The van der Waals surface area contributed by atoms with Gasteiger partial charge in [0.05, 0.1) is 11.4 Å². The average molecular weight is 462 g/mol. The summed E-state index contributed by atoms with van der Waals surface area (Å²) >= 11 is 0. The van der Waals surface area contributed by atoms with E-state index in [1.807, 2.05) is 32.9 Å². The maximum absolute atomic E-state index is 12.5. The summed E-state index contributed by atoms with van der Waals surface area (Å²) in [7, 11) is -2.54. The molecule has 0 saturated heterocycles. The number of fused-ring (bicyclic) bond motifs is 1. The van der Waals surface area contributed by atoms with Crippen LogP contribution in [0.5, 0.6) is 11.5 Å². The number of likely N-dealkylation sites (N-methyl/N-ethyl adjacent to an activating group) is 1. The van der Waals surface area contributed by atoms with E-state index in [4.69, 9.17) is 9.47 Å². The first-order chi connectivity index (χ1) is 15.0. The van der Waals surface area contributed by atoms with Gasteiger partial charge in [-0.25, -0.2) is 8.42 Å². The van der Waals surface area contributed by atoms with Crippen molar-refractivity contribution in [1.82, 2.24) is 15.2 Å². The highest BCUT2D eigenvalue weighted by Gasteiger charge is 2.32. The number of benzene rings is 2. The first-order valence-corrected chi connectivity index (χ1v) is 11.5. The smallest absolute Gasteiger partial charge is 0.276 e. The quantitative estimate of drug-likeness (QED) is 0.605. The maximum atomic E-state index is 12.5. The number of hydrazine groups is 1. The zero-order chi connectivity index (χ0) is 23.5. The van der Waals surface area contributed by atoms with Gasteiger partial charge in [-0.2, -0.15) is 4.31 Å². The van der Waals surface area contributed by atoms with Crippen LogP contribution in [-0.4, -0.2) is 50.3 Å². The number of para-hydroxylation sites is 1. The van der Waals surface area contributed by atoms with E-state index in [1.165, 1.54) is 19.2 Å². The number of nitrogens with one attached hydrogen (secondary N) is 2. The van der Waals surface area contributed by atoms with Crippen LogP contribution in [0, 0.1) is 6.92 Å². The monoisotopic (exact) mass is 461 g/mol. The lowest BCUT2D eigenvalue weighted by molar-refractivity contribution is -0.130. The van der Waals surface area contributed by atoms with Gasteiger partial charge in [0.25, 0.3) is 11.8 Å². The molecule has 0 saturated carbocycles. The molecule has 0 atom stereocenters. The van der Waals surface area contributed by atoms with Crippen LogP contribution in [0.1, 0.15) is 25.0 Å². The number of sulfonamides is 1. The molecule has 3 rings (SSSR count). The van der Waals surface area contributed by atoms with Crippen molar-refractivity contribution in [2.75, 3.05) is 20.2 Å². The van der Waals surface area contributed by atoms with Gasteiger partial charge >= 0.3 is 0 Å². The number of amides is 2. The van der Waals surface area contributed by atoms with Gasteiger partial charge in [0, 0.05) is 19.0 Å². The van der Waals surface area contributed by atoms with Crippen molar-refractivity contribution in [2.45, 2.75) is 37.7 Å². The molecule has 0 radical (unpaired) electrons. The Hall–Kier alpha value is -3.11. The number of aryl methyl sites for hydroxylation is 1. The standard InChI is InChI=1S/C22H27N3O6S/c1-15-8-10-17(11-9-15)32(28,29)25(4)13-19(26)23-24-20(27)14-30-18-7-5-6-16-12-22(2,3)31-21(16)18/h5-11H,12-14H2,1-4H3,(H,23,26)(H,24,27). The summed E-state index contributed by atoms with van der Waals surface area (Å²) in [6, 6.07) is 11.8. The summed E-state index contributed by atoms with van der Waals surface area (Å²) in [4.78, 5) is 24.2. The van der Waals surface area contributed by atoms with Crippen molar-refractivity contribution in [1.29, 1.82) is 0 Å². The number of carbonyl (C=O) groups excluding carboxylic acids is 2. The second kappa shape index (κ2) is 9.17. The van der Waals surface area contributed by atoms with E-state index >= 15 is 0 Å². The number of ether oxygens (including phenoxy) is 2. The van der Waals surface area contributed by atoms with E-state index in [2.05, 4.69) is 10.9 Å². The molecule has 0 bridgehead atoms. The maximum Gasteiger partial charge on any atom is 0.276 e. The van der Waals surface area contributed by atoms with Gasteiger partial charge in [-0.05, 0) is 39.0 Å². The average Bonchev–Trinajstić information content (AvgIpc) is 3.05. The number of hydrogen-bond acceptors (Lipinski definition) is 6. The van der Waals surface area contributed by atoms with Gasteiger partial charge in [0.1, 0.15) is 5.60 Å². The lowest BCUT2D eigenvalue weighted by Crippen LogP contribution is -2.48. The molecule has 0 fully saturated rings. The Morgan fingerprint density at radius 2 is 1.75 bits per heavy atom. The molecule has 0 aliphatic carbocycles. The molecule has 2 N–H and O–H groups in total. The zero-order valence-electron chi connectivity index (χ0n) is 18.5. The summed E-state index contributed by atoms with van der Waals surface area (Å²) in [5.41, 5.74) is 5.98. The number of hydrogen-bond donors (Lipinski definition) is 2. The molecular formula is C22H27N3O6S. The van der Waals surface area contributed by atoms with Crippen LogP contribution in [0.4, 0.5) is 0 Å². The number of nitrogens with zero attached hydrogens (tertiary/aromatic N) is 1. The first kappa shape index (κ1) is 23.6. The van der Waals surface area contributed by atoms with Crippen LogP contribution < -0.4 is 20.3 Å². The van der Waals surface area contributed by atoms with E-state index in [0.717, 1.165) is 21.9 Å². The predicted octanol–water partition coefficient (Wildman–Crippen LogP) is 1.56. The molecule has 1 aliphatic rings. The third kappa shape index (κ3) is 5.57. The second-order valence-electron chi connectivity index (χ2n) is 8.24. The van der Waals surface area contributed by atoms with Crippen LogP contribution in [0.25, 0.3) is 0 Å². The van der Waals surface area contributed by atoms with Crippen molar-refractivity contribution in [2.24, 2.45) is 0 Å². The molecule has 1 aliphatic heterocycles. The Bertz CT molecular complexity index is 1110. The van der Waals surface area contributed by atoms with E-state index < -0.39 is 28.4 Å². The van der Waals surface area contributed by atoms with Crippen LogP contribution >= 0.6 is 0 Å². The Kier molecular flexibility index (Phi) is 6.75. The third-order valence-electron chi connectivity index (χ3n) is 4.85. The molecule has 2 aromatic carbocycles. The van der Waals surface area contributed by atoms with Gasteiger partial charge < -0.3 is 9.47 Å². The molecule has 2 amide bonds. The van der Waals surface area contributed by atoms with E-state index in [9.17, 15) is 18.0 Å². The summed E-state index contributed by atoms with van der Waals surface area (Å²) in [6.45, 7) is 4.97. The molecule has 32 heavy (non-hydrogen) atoms. The summed E-state index contributed by atoms with van der Waals surface area (Å²) in [6.07, 6.45) is 0.737. The molecular weight excluding hydrogens is 434 g/mol. The minimum atomic E-state index is -3.83. The highest BCUT2D eigenvalue weighted by Crippen LogP contribution is 2.41. The Morgan fingerprint density at radius 3 is 2.44 bits per heavy atom. The van der Waals surface area contributed by atoms with Crippen LogP contribution in [0.3, 0.4) is 0 Å². The van der Waals surface area contributed by atoms with Crippen molar-refractivity contribution in [3.63, 3.8) is 0 Å². The Balaban J connectivity index is 1.48. The van der Waals surface area contributed by atoms with Crippen molar-refractivity contribution < 1.29 is 27.5 Å². The van der Waals surface area contributed by atoms with Gasteiger partial charge in [-0.15, -0.1) is 0 Å². The normalized spacial score (nSPS) is 14.4. The Labute approximate surface area is 187 Å². The molecule has 0 unspecified atom stereocenters. The summed E-state index contributed by atoms with van der Waals surface area (Å²) in [5.74, 6) is -0.241. The topological polar surface area (TPSA) is 114 Å². The third-order valence-corrected chi connectivity index (χ3v) is 6.67. The van der Waals surface area contributed by atoms with Gasteiger partial charge in [0.2, 0.25) is 10.0 Å². The van der Waals surface area contributed by atoms with Crippen molar-refractivity contribution in [3.05, 3.63) is 53.6 Å². The first-order valence-electron chi connectivity index (χ1n) is 10.0. The van der Waals surface area contributed by atoms with Crippen LogP contribution in [0.15, 0.2) is 47.4 Å². The van der Waals surface area contributed by atoms with Gasteiger partial charge in [0.15, 0.2) is 18.1 Å². The van der Waals surface area contributed by atoms with E-state index in [1.54, 1.807) is 18.2 Å². The number of rotatable bonds is 7. The fraction of sp³-hybridized carbons (Fsp3) is 0.364. The molecule has 0 spiro atoms. The molecule has 2 aromatic rings. The van der Waals surface area contributed by atoms with Crippen molar-refractivity contribution >= 4 is 21.8 Å². The minimum absolute atomic E-state index is 0.0802. The molecule has 10 heteroatoms. The van der Waals surface area contributed by atoms with E-state index in [-0.39, 0.29) is 17.1 Å². The van der Waals surface area contributed by atoms with Crippen LogP contribution in [0.2, 0.25) is 0 Å². The fourth-order valence-electron chi connectivity index (χ4n) is 3.24. The summed E-state index contributed by atoms with van der Waals surface area (Å²) in [5, 5.41) is 0. The highest BCUT2D eigenvalue weighted by molar-refractivity contribution is 7.89. The minimum Gasteiger partial charge on any atom is -0.483 e. The lowest BCUT2D eigenvalue weighted by atomic mass is 10.0. The largest absolute Gasteiger partial charge is 0.483 e. The SMILES string of the molecule is Cc1ccc(S(=O)(=O)N(C)CC(=O)NNC(=O)COc2cccc3c2OC(C)(C)C3)cc1. The second-order valence-corrected chi connectivity index (χ2v) is 10.3. The molecule has 172 valence electrons. The Morgan fingerprint density at radius 1 is 1.09 bits per heavy atom.